The van der Waals surface area contributed by atoms with E-state index >= 15 is 0 Å². The Hall–Kier alpha value is -1.29. The number of likely N-dealkylation sites (tertiary alicyclic amines) is 1. The molecule has 2 heterocycles. The molecule has 1 amide bonds. The minimum atomic E-state index is 0.0931. The van der Waals surface area contributed by atoms with Gasteiger partial charge in [-0.25, -0.2) is 0 Å². The molecule has 0 spiro atoms. The van der Waals surface area contributed by atoms with E-state index in [1.165, 1.54) is 0 Å². The highest BCUT2D eigenvalue weighted by molar-refractivity contribution is 5.95. The molecule has 4 nitrogen and oxygen atoms in total. The van der Waals surface area contributed by atoms with Gasteiger partial charge in [0, 0.05) is 19.7 Å². The summed E-state index contributed by atoms with van der Waals surface area (Å²) in [6.07, 6.45) is 2.20. The van der Waals surface area contributed by atoms with Crippen molar-refractivity contribution in [3.05, 3.63) is 23.2 Å². The molecule has 4 heteroatoms. The fourth-order valence-corrected chi connectivity index (χ4v) is 2.68. The van der Waals surface area contributed by atoms with E-state index < -0.39 is 0 Å². The Morgan fingerprint density at radius 3 is 2.95 bits per heavy atom. The first-order valence-electron chi connectivity index (χ1n) is 7.05. The average Bonchev–Trinajstić information content (AvgIpc) is 2.75. The second-order valence-electron chi connectivity index (χ2n) is 5.25. The summed E-state index contributed by atoms with van der Waals surface area (Å²) in [7, 11) is 0. The van der Waals surface area contributed by atoms with Crippen molar-refractivity contribution in [2.24, 2.45) is 5.92 Å². The van der Waals surface area contributed by atoms with Crippen LogP contribution in [0.1, 0.15) is 41.6 Å². The molecule has 1 aromatic heterocycles. The summed E-state index contributed by atoms with van der Waals surface area (Å²) < 4.78 is 10.9. The second kappa shape index (κ2) is 6.24. The number of hydrogen-bond donors (Lipinski definition) is 0. The zero-order valence-electron chi connectivity index (χ0n) is 12.1. The summed E-state index contributed by atoms with van der Waals surface area (Å²) in [5, 5.41) is 0. The second-order valence-corrected chi connectivity index (χ2v) is 5.25. The topological polar surface area (TPSA) is 42.7 Å². The average molecular weight is 265 g/mol. The highest BCUT2D eigenvalue weighted by Gasteiger charge is 2.26. The van der Waals surface area contributed by atoms with Crippen molar-refractivity contribution in [1.82, 2.24) is 4.90 Å². The van der Waals surface area contributed by atoms with Gasteiger partial charge in [-0.15, -0.1) is 0 Å². The zero-order chi connectivity index (χ0) is 13.8. The van der Waals surface area contributed by atoms with E-state index in [1.807, 2.05) is 31.7 Å². The van der Waals surface area contributed by atoms with Crippen LogP contribution in [0.4, 0.5) is 0 Å². The van der Waals surface area contributed by atoms with Crippen molar-refractivity contribution >= 4 is 5.91 Å². The Morgan fingerprint density at radius 2 is 2.32 bits per heavy atom. The maximum absolute atomic E-state index is 12.5. The normalized spacial score (nSPS) is 19.7. The van der Waals surface area contributed by atoms with Crippen LogP contribution in [0.5, 0.6) is 0 Å². The number of hydrogen-bond acceptors (Lipinski definition) is 3. The molecule has 1 aromatic rings. The van der Waals surface area contributed by atoms with E-state index in [9.17, 15) is 4.79 Å². The SMILES string of the molecule is CCOCC1CCCN(C(=O)c2cc(C)oc2C)C1. The highest BCUT2D eigenvalue weighted by atomic mass is 16.5. The third-order valence-corrected chi connectivity index (χ3v) is 3.64. The fourth-order valence-electron chi connectivity index (χ4n) is 2.68. The van der Waals surface area contributed by atoms with E-state index in [0.29, 0.717) is 11.5 Å². The lowest BCUT2D eigenvalue weighted by molar-refractivity contribution is 0.0500. The Bertz CT molecular complexity index is 439. The van der Waals surface area contributed by atoms with Crippen molar-refractivity contribution < 1.29 is 13.9 Å². The molecule has 0 bridgehead atoms. The third-order valence-electron chi connectivity index (χ3n) is 3.64. The number of furan rings is 1. The van der Waals surface area contributed by atoms with Gasteiger partial charge in [-0.2, -0.15) is 0 Å². The van der Waals surface area contributed by atoms with Crippen LogP contribution in [0.2, 0.25) is 0 Å². The molecule has 2 rings (SSSR count). The Kier molecular flexibility index (Phi) is 4.64. The standard InChI is InChI=1S/C15H23NO3/c1-4-18-10-13-6-5-7-16(9-13)15(17)14-8-11(2)19-12(14)3/h8,13H,4-7,9-10H2,1-3H3. The lowest BCUT2D eigenvalue weighted by Crippen LogP contribution is -2.41. The molecule has 0 radical (unpaired) electrons. The summed E-state index contributed by atoms with van der Waals surface area (Å²) in [6.45, 7) is 8.85. The largest absolute Gasteiger partial charge is 0.466 e. The number of ether oxygens (including phenoxy) is 1. The van der Waals surface area contributed by atoms with Gasteiger partial charge in [-0.1, -0.05) is 0 Å². The van der Waals surface area contributed by atoms with E-state index in [0.717, 1.165) is 50.7 Å². The first kappa shape index (κ1) is 14.1. The van der Waals surface area contributed by atoms with Gasteiger partial charge in [0.2, 0.25) is 0 Å². The molecule has 1 atom stereocenters. The number of aryl methyl sites for hydroxylation is 2. The van der Waals surface area contributed by atoms with Gasteiger partial charge in [0.1, 0.15) is 11.5 Å². The van der Waals surface area contributed by atoms with Crippen LogP contribution >= 0.6 is 0 Å². The predicted octanol–water partition coefficient (Wildman–Crippen LogP) is 2.79. The predicted molar refractivity (Wildman–Crippen MR) is 73.3 cm³/mol. The summed E-state index contributed by atoms with van der Waals surface area (Å²) in [6, 6.07) is 1.84. The van der Waals surface area contributed by atoms with E-state index in [-0.39, 0.29) is 5.91 Å². The minimum absolute atomic E-state index is 0.0931. The van der Waals surface area contributed by atoms with Gasteiger partial charge in [-0.05, 0) is 45.6 Å². The van der Waals surface area contributed by atoms with Crippen molar-refractivity contribution in [1.29, 1.82) is 0 Å². The fraction of sp³-hybridized carbons (Fsp3) is 0.667. The van der Waals surface area contributed by atoms with Crippen LogP contribution in [0.3, 0.4) is 0 Å². The number of amides is 1. The number of carbonyl (C=O) groups is 1. The Morgan fingerprint density at radius 1 is 1.53 bits per heavy atom. The number of carbonyl (C=O) groups excluding carboxylic acids is 1. The highest BCUT2D eigenvalue weighted by Crippen LogP contribution is 2.21. The van der Waals surface area contributed by atoms with Gasteiger partial charge in [0.05, 0.1) is 12.2 Å². The monoisotopic (exact) mass is 265 g/mol. The van der Waals surface area contributed by atoms with Crippen molar-refractivity contribution in [3.8, 4) is 0 Å². The van der Waals surface area contributed by atoms with Gasteiger partial charge >= 0.3 is 0 Å². The molecule has 0 aromatic carbocycles. The molecule has 19 heavy (non-hydrogen) atoms. The minimum Gasteiger partial charge on any atom is -0.466 e. The molecule has 1 aliphatic heterocycles. The number of nitrogens with zero attached hydrogens (tertiary/aromatic N) is 1. The van der Waals surface area contributed by atoms with Crippen molar-refractivity contribution in [2.45, 2.75) is 33.6 Å². The summed E-state index contributed by atoms with van der Waals surface area (Å²) in [4.78, 5) is 14.4. The van der Waals surface area contributed by atoms with Crippen LogP contribution in [-0.2, 0) is 4.74 Å². The lowest BCUT2D eigenvalue weighted by Gasteiger charge is -2.32. The molecule has 1 aliphatic rings. The van der Waals surface area contributed by atoms with Gasteiger partial charge in [0.15, 0.2) is 0 Å². The van der Waals surface area contributed by atoms with Crippen LogP contribution in [0.25, 0.3) is 0 Å². The molecule has 1 fully saturated rings. The molecule has 106 valence electrons. The Labute approximate surface area is 114 Å². The maximum Gasteiger partial charge on any atom is 0.257 e. The molecular weight excluding hydrogens is 242 g/mol. The summed E-state index contributed by atoms with van der Waals surface area (Å²) in [5.74, 6) is 2.07. The molecular formula is C15H23NO3. The quantitative estimate of drug-likeness (QED) is 0.840. The van der Waals surface area contributed by atoms with Crippen LogP contribution in [-0.4, -0.2) is 37.1 Å². The maximum atomic E-state index is 12.5. The smallest absolute Gasteiger partial charge is 0.257 e. The first-order chi connectivity index (χ1) is 9.11. The zero-order valence-corrected chi connectivity index (χ0v) is 12.1. The molecule has 0 N–H and O–H groups in total. The lowest BCUT2D eigenvalue weighted by atomic mass is 9.98. The number of rotatable bonds is 4. The molecule has 1 unspecified atom stereocenters. The molecule has 1 saturated heterocycles. The third kappa shape index (κ3) is 3.38. The van der Waals surface area contributed by atoms with E-state index in [1.54, 1.807) is 0 Å². The van der Waals surface area contributed by atoms with Crippen LogP contribution in [0, 0.1) is 19.8 Å². The van der Waals surface area contributed by atoms with Gasteiger partial charge < -0.3 is 14.1 Å². The summed E-state index contributed by atoms with van der Waals surface area (Å²) in [5.41, 5.74) is 0.703. The number of piperidine rings is 1. The van der Waals surface area contributed by atoms with Gasteiger partial charge in [0.25, 0.3) is 5.91 Å². The van der Waals surface area contributed by atoms with Crippen molar-refractivity contribution in [2.75, 3.05) is 26.3 Å². The first-order valence-corrected chi connectivity index (χ1v) is 7.05. The van der Waals surface area contributed by atoms with Crippen molar-refractivity contribution in [3.63, 3.8) is 0 Å². The van der Waals surface area contributed by atoms with Gasteiger partial charge in [-0.3, -0.25) is 4.79 Å². The van der Waals surface area contributed by atoms with E-state index in [4.69, 9.17) is 9.15 Å². The molecule has 0 aliphatic carbocycles. The Balaban J connectivity index is 2.01. The summed E-state index contributed by atoms with van der Waals surface area (Å²) >= 11 is 0. The van der Waals surface area contributed by atoms with Crippen LogP contribution < -0.4 is 0 Å². The molecule has 0 saturated carbocycles. The van der Waals surface area contributed by atoms with Crippen LogP contribution in [0.15, 0.2) is 10.5 Å². The van der Waals surface area contributed by atoms with E-state index in [2.05, 4.69) is 0 Å².